The van der Waals surface area contributed by atoms with Crippen molar-refractivity contribution in [2.24, 2.45) is 0 Å². The van der Waals surface area contributed by atoms with Crippen LogP contribution >= 0.6 is 33.0 Å². The molecule has 4 heteroatoms. The van der Waals surface area contributed by atoms with Crippen molar-refractivity contribution in [3.05, 3.63) is 70.2 Å². The first kappa shape index (κ1) is 21.2. The predicted octanol–water partition coefficient (Wildman–Crippen LogP) is 7.71. The summed E-state index contributed by atoms with van der Waals surface area (Å²) in [6.45, 7) is 8.79. The van der Waals surface area contributed by atoms with Gasteiger partial charge in [-0.3, -0.25) is 0 Å². The molecule has 0 aliphatic carbocycles. The first-order chi connectivity index (χ1) is 10.8. The Hall–Kier alpha value is 0.123. The summed E-state index contributed by atoms with van der Waals surface area (Å²) in [7, 11) is 9.87. The van der Waals surface area contributed by atoms with Gasteiger partial charge in [-0.05, 0) is 4.47 Å². The topological polar surface area (TPSA) is 0 Å². The van der Waals surface area contributed by atoms with Crippen LogP contribution in [-0.4, -0.2) is 0 Å². The van der Waals surface area contributed by atoms with Crippen LogP contribution in [0.5, 0.6) is 0 Å². The Balaban J connectivity index is 0.000000200. The van der Waals surface area contributed by atoms with E-state index in [1.54, 1.807) is 0 Å². The molecule has 3 aromatic carbocycles. The second-order valence-electron chi connectivity index (χ2n) is 6.27. The molecule has 0 spiro atoms. The number of halogens is 3. The Morgan fingerprint density at radius 3 is 2.22 bits per heavy atom. The van der Waals surface area contributed by atoms with Crippen molar-refractivity contribution in [3.8, 4) is 0 Å². The Morgan fingerprint density at radius 1 is 1.13 bits per heavy atom. The fraction of sp³-hybridized carbons (Fsp3) is 0.263. The third-order valence-corrected chi connectivity index (χ3v) is 4.06. The van der Waals surface area contributed by atoms with E-state index in [1.807, 2.05) is 0 Å². The van der Waals surface area contributed by atoms with Gasteiger partial charge in [0.15, 0.2) is 0 Å². The minimum atomic E-state index is -0.826. The zero-order valence-electron chi connectivity index (χ0n) is 13.8. The van der Waals surface area contributed by atoms with E-state index >= 15 is 0 Å². The molecule has 122 valence electrons. The van der Waals surface area contributed by atoms with E-state index in [-0.39, 0.29) is 0 Å². The van der Waals surface area contributed by atoms with Gasteiger partial charge in [0, 0.05) is 0 Å². The molecule has 3 rings (SSSR count). The van der Waals surface area contributed by atoms with Gasteiger partial charge in [0.25, 0.3) is 0 Å². The SMILES string of the molecule is CC(C)(C)c1cc[cH-]c1.Cc1cc2c(Br)cccc2[cH-]1.[Cl][Zr+2][Cl]. The third kappa shape index (κ3) is 7.26. The van der Waals surface area contributed by atoms with Gasteiger partial charge in [0.1, 0.15) is 0 Å². The predicted molar refractivity (Wildman–Crippen MR) is 104 cm³/mol. The van der Waals surface area contributed by atoms with Gasteiger partial charge in [0.2, 0.25) is 0 Å². The van der Waals surface area contributed by atoms with Gasteiger partial charge >= 0.3 is 37.9 Å². The molecule has 0 aliphatic rings. The number of rotatable bonds is 0. The fourth-order valence-corrected chi connectivity index (χ4v) is 2.72. The third-order valence-electron chi connectivity index (χ3n) is 3.37. The number of hydrogen-bond acceptors (Lipinski definition) is 0. The molecule has 0 saturated heterocycles. The monoisotopic (exact) mass is 488 g/mol. The molecular weight excluding hydrogens is 470 g/mol. The summed E-state index contributed by atoms with van der Waals surface area (Å²) in [6, 6.07) is 19.2. The molecule has 0 aromatic heterocycles. The maximum absolute atomic E-state index is 4.93. The number of fused-ring (bicyclic) bond motifs is 1. The quantitative estimate of drug-likeness (QED) is 0.283. The van der Waals surface area contributed by atoms with Crippen LogP contribution in [0.1, 0.15) is 31.9 Å². The Labute approximate surface area is 166 Å². The molecule has 0 bridgehead atoms. The molecule has 0 atom stereocenters. The van der Waals surface area contributed by atoms with Crippen LogP contribution in [0, 0.1) is 6.92 Å². The van der Waals surface area contributed by atoms with Gasteiger partial charge in [-0.25, -0.2) is 6.07 Å². The summed E-state index contributed by atoms with van der Waals surface area (Å²) in [5.41, 5.74) is 3.07. The molecule has 0 N–H and O–H groups in total. The van der Waals surface area contributed by atoms with Crippen molar-refractivity contribution >= 4 is 43.7 Å². The number of hydrogen-bond donors (Lipinski definition) is 0. The molecular formula is C19H21BrCl2Zr. The first-order valence-corrected chi connectivity index (χ1v) is 14.4. The standard InChI is InChI=1S/C10H8Br.C9H13.2ClH.Zr/c1-7-5-8-3-2-4-10(11)9(8)6-7;1-9(2,3)8-6-4-5-7-8;;;/h2-6H,1H3;4-7H,1-3H3;2*1H;/q2*-1;;;+4/p-2. The van der Waals surface area contributed by atoms with Gasteiger partial charge in [-0.2, -0.15) is 29.8 Å². The van der Waals surface area contributed by atoms with Gasteiger partial charge in [-0.15, -0.1) is 34.5 Å². The van der Waals surface area contributed by atoms with Crippen LogP contribution in [0.4, 0.5) is 0 Å². The molecule has 0 nitrogen and oxygen atoms in total. The van der Waals surface area contributed by atoms with E-state index in [2.05, 4.69) is 98.2 Å². The van der Waals surface area contributed by atoms with E-state index in [9.17, 15) is 0 Å². The molecule has 0 radical (unpaired) electrons. The Bertz CT molecular complexity index is 694. The second-order valence-corrected chi connectivity index (χ2v) is 10.9. The average molecular weight is 491 g/mol. The summed E-state index contributed by atoms with van der Waals surface area (Å²) in [5.74, 6) is 0. The maximum atomic E-state index is 4.93. The number of aryl methyl sites for hydroxylation is 1. The molecule has 0 amide bonds. The molecule has 0 unspecified atom stereocenters. The molecule has 0 fully saturated rings. The normalized spacial score (nSPS) is 10.2. The van der Waals surface area contributed by atoms with Gasteiger partial charge in [-0.1, -0.05) is 55.1 Å². The molecule has 3 aromatic rings. The first-order valence-electron chi connectivity index (χ1n) is 7.29. The molecule has 0 heterocycles. The average Bonchev–Trinajstić information content (AvgIpc) is 3.08. The van der Waals surface area contributed by atoms with Crippen LogP contribution in [0.25, 0.3) is 10.8 Å². The van der Waals surface area contributed by atoms with Crippen LogP contribution in [-0.2, 0) is 26.3 Å². The fourth-order valence-electron chi connectivity index (χ4n) is 2.22. The van der Waals surface area contributed by atoms with E-state index in [0.717, 1.165) is 0 Å². The van der Waals surface area contributed by atoms with E-state index in [4.69, 9.17) is 17.0 Å². The van der Waals surface area contributed by atoms with Crippen molar-refractivity contribution in [2.45, 2.75) is 33.1 Å². The van der Waals surface area contributed by atoms with Crippen LogP contribution in [0.2, 0.25) is 0 Å². The van der Waals surface area contributed by atoms with Crippen molar-refractivity contribution in [1.82, 2.24) is 0 Å². The molecule has 23 heavy (non-hydrogen) atoms. The summed E-state index contributed by atoms with van der Waals surface area (Å²) in [4.78, 5) is 0. The van der Waals surface area contributed by atoms with E-state index < -0.39 is 20.8 Å². The van der Waals surface area contributed by atoms with E-state index in [1.165, 1.54) is 26.4 Å². The molecule has 0 aliphatic heterocycles. The van der Waals surface area contributed by atoms with E-state index in [0.29, 0.717) is 5.41 Å². The van der Waals surface area contributed by atoms with Crippen molar-refractivity contribution in [1.29, 1.82) is 0 Å². The Kier molecular flexibility index (Phi) is 9.38. The zero-order chi connectivity index (χ0) is 17.5. The summed E-state index contributed by atoms with van der Waals surface area (Å²) >= 11 is 2.68. The van der Waals surface area contributed by atoms with Crippen molar-refractivity contribution in [2.75, 3.05) is 0 Å². The van der Waals surface area contributed by atoms with Crippen LogP contribution in [0.3, 0.4) is 0 Å². The van der Waals surface area contributed by atoms with Gasteiger partial charge < -0.3 is 0 Å². The van der Waals surface area contributed by atoms with Crippen molar-refractivity contribution in [3.63, 3.8) is 0 Å². The zero-order valence-corrected chi connectivity index (χ0v) is 19.4. The summed E-state index contributed by atoms with van der Waals surface area (Å²) in [5, 5.41) is 2.63. The van der Waals surface area contributed by atoms with Crippen LogP contribution in [0.15, 0.2) is 59.1 Å². The molecule has 0 saturated carbocycles. The summed E-state index contributed by atoms with van der Waals surface area (Å²) < 4.78 is 1.18. The Morgan fingerprint density at radius 2 is 1.78 bits per heavy atom. The second kappa shape index (κ2) is 10.2. The summed E-state index contributed by atoms with van der Waals surface area (Å²) in [6.07, 6.45) is 0. The van der Waals surface area contributed by atoms with Gasteiger partial charge in [0.05, 0.1) is 0 Å². The minimum absolute atomic E-state index is 0.323. The van der Waals surface area contributed by atoms with Crippen LogP contribution < -0.4 is 0 Å². The van der Waals surface area contributed by atoms with Crippen molar-refractivity contribution < 1.29 is 20.8 Å². The number of benzene rings is 1.